The maximum Gasteiger partial charge on any atom is 0.229 e. The molecule has 0 aliphatic carbocycles. The van der Waals surface area contributed by atoms with Crippen molar-refractivity contribution in [1.82, 2.24) is 14.9 Å². The topological polar surface area (TPSA) is 76.2 Å². The van der Waals surface area contributed by atoms with E-state index in [0.717, 1.165) is 28.4 Å². The van der Waals surface area contributed by atoms with Crippen LogP contribution in [0, 0.1) is 5.92 Å². The molecule has 0 fully saturated rings. The lowest BCUT2D eigenvalue weighted by atomic mass is 10.1. The normalized spacial score (nSPS) is 17.1. The minimum atomic E-state index is -0.117. The Kier molecular flexibility index (Phi) is 3.76. The van der Waals surface area contributed by atoms with Gasteiger partial charge in [-0.1, -0.05) is 24.2 Å². The van der Waals surface area contributed by atoms with E-state index >= 15 is 0 Å². The molecule has 7 heteroatoms. The summed E-state index contributed by atoms with van der Waals surface area (Å²) in [7, 11) is 1.87. The van der Waals surface area contributed by atoms with Gasteiger partial charge < -0.3 is 14.7 Å². The molecule has 7 nitrogen and oxygen atoms in total. The van der Waals surface area contributed by atoms with Gasteiger partial charge in [-0.2, -0.15) is 5.10 Å². The molecule has 0 saturated carbocycles. The van der Waals surface area contributed by atoms with Crippen molar-refractivity contribution in [3.05, 3.63) is 48.5 Å². The first kappa shape index (κ1) is 15.4. The van der Waals surface area contributed by atoms with Gasteiger partial charge in [0, 0.05) is 31.4 Å². The van der Waals surface area contributed by atoms with Gasteiger partial charge in [0.1, 0.15) is 5.69 Å². The molecule has 1 N–H and O–H groups in total. The number of nitrogens with zero attached hydrogens (tertiary/aromatic N) is 4. The summed E-state index contributed by atoms with van der Waals surface area (Å²) >= 11 is 0. The van der Waals surface area contributed by atoms with Crippen molar-refractivity contribution < 1.29 is 9.32 Å². The summed E-state index contributed by atoms with van der Waals surface area (Å²) in [6.07, 6.45) is 3.65. The summed E-state index contributed by atoms with van der Waals surface area (Å²) in [5, 5.41) is 11.3. The quantitative estimate of drug-likeness (QED) is 0.795. The molecule has 4 rings (SSSR count). The lowest BCUT2D eigenvalue weighted by molar-refractivity contribution is -0.119. The molecule has 1 amide bonds. The van der Waals surface area contributed by atoms with Crippen LogP contribution in [0.3, 0.4) is 0 Å². The Morgan fingerprint density at radius 3 is 3.00 bits per heavy atom. The molecule has 0 radical (unpaired) electrons. The highest BCUT2D eigenvalue weighted by atomic mass is 16.5. The van der Waals surface area contributed by atoms with Crippen LogP contribution in [0.25, 0.3) is 11.3 Å². The third-order valence-corrected chi connectivity index (χ3v) is 4.35. The van der Waals surface area contributed by atoms with Gasteiger partial charge in [-0.15, -0.1) is 0 Å². The predicted molar refractivity (Wildman–Crippen MR) is 94.0 cm³/mol. The molecule has 1 aromatic carbocycles. The molecule has 1 aliphatic rings. The fourth-order valence-corrected chi connectivity index (χ4v) is 3.04. The van der Waals surface area contributed by atoms with Crippen LogP contribution in [-0.4, -0.2) is 27.4 Å². The summed E-state index contributed by atoms with van der Waals surface area (Å²) in [6, 6.07) is 9.73. The number of aromatic nitrogens is 3. The third-order valence-electron chi connectivity index (χ3n) is 4.35. The fourth-order valence-electron chi connectivity index (χ4n) is 3.04. The van der Waals surface area contributed by atoms with Gasteiger partial charge in [0.2, 0.25) is 5.91 Å². The van der Waals surface area contributed by atoms with Crippen molar-refractivity contribution in [3.8, 4) is 11.3 Å². The van der Waals surface area contributed by atoms with Crippen LogP contribution in [0.5, 0.6) is 0 Å². The Hall–Kier alpha value is -3.09. The van der Waals surface area contributed by atoms with Gasteiger partial charge in [-0.05, 0) is 12.1 Å². The van der Waals surface area contributed by atoms with Crippen molar-refractivity contribution >= 4 is 17.3 Å². The van der Waals surface area contributed by atoms with E-state index in [1.54, 1.807) is 10.9 Å². The summed E-state index contributed by atoms with van der Waals surface area (Å²) in [4.78, 5) is 14.3. The average Bonchev–Trinajstić information content (AvgIpc) is 3.21. The van der Waals surface area contributed by atoms with Crippen LogP contribution in [0.4, 0.5) is 11.4 Å². The zero-order valence-electron chi connectivity index (χ0n) is 14.1. The van der Waals surface area contributed by atoms with E-state index in [4.69, 9.17) is 4.52 Å². The molecule has 128 valence electrons. The maximum absolute atomic E-state index is 12.2. The smallest absolute Gasteiger partial charge is 0.229 e. The first-order chi connectivity index (χ1) is 12.1. The van der Waals surface area contributed by atoms with E-state index in [-0.39, 0.29) is 11.8 Å². The van der Waals surface area contributed by atoms with E-state index in [9.17, 15) is 4.79 Å². The highest BCUT2D eigenvalue weighted by Crippen LogP contribution is 2.31. The molecule has 1 aliphatic heterocycles. The van der Waals surface area contributed by atoms with Crippen LogP contribution in [0.1, 0.15) is 12.7 Å². The number of nitrogens with one attached hydrogen (secondary N) is 1. The Balaban J connectivity index is 1.61. The van der Waals surface area contributed by atoms with Gasteiger partial charge in [-0.25, -0.2) is 0 Å². The second-order valence-electron chi connectivity index (χ2n) is 6.37. The number of fused-ring (bicyclic) bond motifs is 1. The number of amides is 1. The molecule has 0 spiro atoms. The lowest BCUT2D eigenvalue weighted by Crippen LogP contribution is -2.30. The third kappa shape index (κ3) is 3.00. The summed E-state index contributed by atoms with van der Waals surface area (Å²) < 4.78 is 7.24. The van der Waals surface area contributed by atoms with Crippen molar-refractivity contribution in [3.63, 3.8) is 0 Å². The number of benzene rings is 1. The Morgan fingerprint density at radius 2 is 2.20 bits per heavy atom. The number of rotatable bonds is 3. The van der Waals surface area contributed by atoms with Crippen LogP contribution in [0.15, 0.2) is 47.2 Å². The van der Waals surface area contributed by atoms with Crippen LogP contribution in [-0.2, 0) is 18.4 Å². The highest BCUT2D eigenvalue weighted by Gasteiger charge is 2.25. The number of carbonyl (C=O) groups excluding carboxylic acids is 1. The molecular weight excluding hydrogens is 318 g/mol. The summed E-state index contributed by atoms with van der Waals surface area (Å²) in [5.74, 6) is 0.659. The Bertz CT molecular complexity index is 914. The largest absolute Gasteiger partial charge is 0.361 e. The minimum absolute atomic E-state index is 0.0311. The number of hydrogen-bond donors (Lipinski definition) is 1. The molecule has 0 saturated heterocycles. The SMILES string of the molecule is C[C@H]1CN(Cc2cc(-c3cnn(C)c3)no2)c2ccccc2NC1=O. The zero-order chi connectivity index (χ0) is 17.4. The van der Waals surface area contributed by atoms with E-state index < -0.39 is 0 Å². The fraction of sp³-hybridized carbons (Fsp3) is 0.278. The van der Waals surface area contributed by atoms with Gasteiger partial charge in [0.05, 0.1) is 30.0 Å². The van der Waals surface area contributed by atoms with Gasteiger partial charge in [0.25, 0.3) is 0 Å². The molecular formula is C18H19N5O2. The molecule has 1 atom stereocenters. The summed E-state index contributed by atoms with van der Waals surface area (Å²) in [5.41, 5.74) is 3.48. The number of para-hydroxylation sites is 2. The van der Waals surface area contributed by atoms with Crippen LogP contribution < -0.4 is 10.2 Å². The minimum Gasteiger partial charge on any atom is -0.361 e. The summed E-state index contributed by atoms with van der Waals surface area (Å²) in [6.45, 7) is 3.09. The van der Waals surface area contributed by atoms with Gasteiger partial charge in [0.15, 0.2) is 5.76 Å². The second-order valence-corrected chi connectivity index (χ2v) is 6.37. The average molecular weight is 337 g/mol. The number of aryl methyl sites for hydroxylation is 1. The Morgan fingerprint density at radius 1 is 1.36 bits per heavy atom. The maximum atomic E-state index is 12.2. The van der Waals surface area contributed by atoms with E-state index in [1.165, 1.54) is 0 Å². The molecule has 0 bridgehead atoms. The van der Waals surface area contributed by atoms with E-state index in [2.05, 4.69) is 20.5 Å². The molecule has 0 unspecified atom stereocenters. The van der Waals surface area contributed by atoms with Crippen molar-refractivity contribution in [1.29, 1.82) is 0 Å². The molecule has 2 aromatic heterocycles. The predicted octanol–water partition coefficient (Wildman–Crippen LogP) is 2.67. The van der Waals surface area contributed by atoms with Crippen molar-refractivity contribution in [2.75, 3.05) is 16.8 Å². The first-order valence-corrected chi connectivity index (χ1v) is 8.19. The lowest BCUT2D eigenvalue weighted by Gasteiger charge is -2.24. The second kappa shape index (κ2) is 6.08. The van der Waals surface area contributed by atoms with E-state index in [0.29, 0.717) is 13.1 Å². The Labute approximate surface area is 145 Å². The molecule has 25 heavy (non-hydrogen) atoms. The zero-order valence-corrected chi connectivity index (χ0v) is 14.1. The molecule has 3 heterocycles. The number of carbonyl (C=O) groups is 1. The van der Waals surface area contributed by atoms with Gasteiger partial charge in [-0.3, -0.25) is 9.48 Å². The highest BCUT2D eigenvalue weighted by molar-refractivity contribution is 5.97. The van der Waals surface area contributed by atoms with Crippen LogP contribution >= 0.6 is 0 Å². The van der Waals surface area contributed by atoms with E-state index in [1.807, 2.05) is 50.5 Å². The van der Waals surface area contributed by atoms with Gasteiger partial charge >= 0.3 is 0 Å². The standard InChI is InChI=1S/C18H19N5O2/c1-12-9-23(17-6-4-3-5-15(17)20-18(12)24)11-14-7-16(21-25-14)13-8-19-22(2)10-13/h3-8,10,12H,9,11H2,1-2H3,(H,20,24)/t12-/m0/s1. The van der Waals surface area contributed by atoms with Crippen molar-refractivity contribution in [2.45, 2.75) is 13.5 Å². The monoisotopic (exact) mass is 337 g/mol. The number of anilines is 2. The first-order valence-electron chi connectivity index (χ1n) is 8.19. The van der Waals surface area contributed by atoms with Crippen LogP contribution in [0.2, 0.25) is 0 Å². The number of hydrogen-bond acceptors (Lipinski definition) is 5. The molecule has 3 aromatic rings. The van der Waals surface area contributed by atoms with Crippen molar-refractivity contribution in [2.24, 2.45) is 13.0 Å².